The molecule has 4 rings (SSSR count). The van der Waals surface area contributed by atoms with E-state index >= 15 is 0 Å². The van der Waals surface area contributed by atoms with Gasteiger partial charge in [0.05, 0.1) is 24.9 Å². The molecule has 0 aliphatic carbocycles. The highest BCUT2D eigenvalue weighted by atomic mass is 16.5. The molecule has 0 saturated carbocycles. The van der Waals surface area contributed by atoms with Gasteiger partial charge in [0.1, 0.15) is 5.75 Å². The SMILES string of the molecule is COc1ccccc1N1CCN(C(c2ccccc2)C(O)c2ccccc2)CC1. The van der Waals surface area contributed by atoms with Gasteiger partial charge in [-0.3, -0.25) is 4.90 Å². The number of anilines is 1. The number of methoxy groups -OCH3 is 1. The molecule has 29 heavy (non-hydrogen) atoms. The first-order chi connectivity index (χ1) is 14.3. The molecule has 2 atom stereocenters. The molecular formula is C25H28N2O2. The lowest BCUT2D eigenvalue weighted by atomic mass is 9.93. The average molecular weight is 389 g/mol. The monoisotopic (exact) mass is 388 g/mol. The van der Waals surface area contributed by atoms with Crippen molar-refractivity contribution in [2.45, 2.75) is 12.1 Å². The molecule has 1 saturated heterocycles. The van der Waals surface area contributed by atoms with Crippen LogP contribution in [-0.2, 0) is 0 Å². The molecule has 150 valence electrons. The van der Waals surface area contributed by atoms with Crippen LogP contribution in [0.2, 0.25) is 0 Å². The second kappa shape index (κ2) is 9.12. The fraction of sp³-hybridized carbons (Fsp3) is 0.280. The van der Waals surface area contributed by atoms with Crippen LogP contribution in [0.3, 0.4) is 0 Å². The van der Waals surface area contributed by atoms with Crippen LogP contribution in [-0.4, -0.2) is 43.3 Å². The highest BCUT2D eigenvalue weighted by Crippen LogP contribution is 2.36. The maximum atomic E-state index is 11.3. The quantitative estimate of drug-likeness (QED) is 0.683. The van der Waals surface area contributed by atoms with Gasteiger partial charge in [0, 0.05) is 26.2 Å². The van der Waals surface area contributed by atoms with E-state index in [9.17, 15) is 5.11 Å². The summed E-state index contributed by atoms with van der Waals surface area (Å²) >= 11 is 0. The number of aliphatic hydroxyl groups excluding tert-OH is 1. The summed E-state index contributed by atoms with van der Waals surface area (Å²) in [5.74, 6) is 0.907. The normalized spacial score (nSPS) is 17.0. The van der Waals surface area contributed by atoms with Gasteiger partial charge in [0.2, 0.25) is 0 Å². The number of para-hydroxylation sites is 2. The minimum Gasteiger partial charge on any atom is -0.495 e. The Morgan fingerprint density at radius 1 is 0.724 bits per heavy atom. The van der Waals surface area contributed by atoms with E-state index in [0.29, 0.717) is 0 Å². The van der Waals surface area contributed by atoms with Crippen LogP contribution >= 0.6 is 0 Å². The molecule has 3 aromatic rings. The van der Waals surface area contributed by atoms with Crippen LogP contribution in [0.4, 0.5) is 5.69 Å². The van der Waals surface area contributed by atoms with Gasteiger partial charge in [-0.2, -0.15) is 0 Å². The second-order valence-electron chi connectivity index (χ2n) is 7.41. The van der Waals surface area contributed by atoms with Crippen LogP contribution in [0.25, 0.3) is 0 Å². The molecule has 4 heteroatoms. The number of piperazine rings is 1. The molecule has 2 unspecified atom stereocenters. The van der Waals surface area contributed by atoms with Gasteiger partial charge in [0.15, 0.2) is 0 Å². The van der Waals surface area contributed by atoms with Crippen LogP contribution in [0.15, 0.2) is 84.9 Å². The third-order valence-corrected chi connectivity index (χ3v) is 5.71. The van der Waals surface area contributed by atoms with Crippen molar-refractivity contribution in [1.29, 1.82) is 0 Å². The van der Waals surface area contributed by atoms with E-state index in [1.54, 1.807) is 7.11 Å². The zero-order valence-electron chi connectivity index (χ0n) is 16.8. The Kier molecular flexibility index (Phi) is 6.13. The van der Waals surface area contributed by atoms with Gasteiger partial charge in [-0.05, 0) is 23.3 Å². The van der Waals surface area contributed by atoms with E-state index in [1.807, 2.05) is 60.7 Å². The molecule has 0 aromatic heterocycles. The van der Waals surface area contributed by atoms with Crippen molar-refractivity contribution in [2.75, 3.05) is 38.2 Å². The topological polar surface area (TPSA) is 35.9 Å². The van der Waals surface area contributed by atoms with Gasteiger partial charge in [-0.25, -0.2) is 0 Å². The minimum atomic E-state index is -0.573. The summed E-state index contributed by atoms with van der Waals surface area (Å²) in [5.41, 5.74) is 3.23. The van der Waals surface area contributed by atoms with Crippen molar-refractivity contribution in [1.82, 2.24) is 4.90 Å². The van der Waals surface area contributed by atoms with E-state index in [2.05, 4.69) is 34.1 Å². The van der Waals surface area contributed by atoms with E-state index in [1.165, 1.54) is 0 Å². The molecule has 1 aliphatic heterocycles. The van der Waals surface area contributed by atoms with Gasteiger partial charge < -0.3 is 14.7 Å². The Labute approximate surface area is 173 Å². The number of aliphatic hydroxyl groups is 1. The Balaban J connectivity index is 1.55. The Morgan fingerprint density at radius 2 is 1.28 bits per heavy atom. The first-order valence-electron chi connectivity index (χ1n) is 10.2. The highest BCUT2D eigenvalue weighted by molar-refractivity contribution is 5.58. The molecule has 0 spiro atoms. The second-order valence-corrected chi connectivity index (χ2v) is 7.41. The number of hydrogen-bond donors (Lipinski definition) is 1. The van der Waals surface area contributed by atoms with Crippen molar-refractivity contribution >= 4 is 5.69 Å². The largest absolute Gasteiger partial charge is 0.495 e. The van der Waals surface area contributed by atoms with Crippen molar-refractivity contribution in [3.63, 3.8) is 0 Å². The molecular weight excluding hydrogens is 360 g/mol. The van der Waals surface area contributed by atoms with Crippen LogP contribution in [0, 0.1) is 0 Å². The lowest BCUT2D eigenvalue weighted by molar-refractivity contribution is 0.0436. The summed E-state index contributed by atoms with van der Waals surface area (Å²) in [4.78, 5) is 4.77. The molecule has 4 nitrogen and oxygen atoms in total. The maximum Gasteiger partial charge on any atom is 0.142 e. The molecule has 1 heterocycles. The Morgan fingerprint density at radius 3 is 1.90 bits per heavy atom. The number of rotatable bonds is 6. The highest BCUT2D eigenvalue weighted by Gasteiger charge is 2.31. The molecule has 1 aliphatic rings. The zero-order valence-corrected chi connectivity index (χ0v) is 16.8. The Bertz CT molecular complexity index is 893. The van der Waals surface area contributed by atoms with E-state index in [-0.39, 0.29) is 6.04 Å². The lowest BCUT2D eigenvalue weighted by Gasteiger charge is -2.42. The summed E-state index contributed by atoms with van der Waals surface area (Å²) in [7, 11) is 1.72. The number of ether oxygens (including phenoxy) is 1. The van der Waals surface area contributed by atoms with Crippen molar-refractivity contribution in [3.8, 4) is 5.75 Å². The standard InChI is InChI=1S/C25H28N2O2/c1-29-23-15-9-8-14-22(23)26-16-18-27(19-17-26)24(20-10-4-2-5-11-20)25(28)21-12-6-3-7-13-21/h2-15,24-25,28H,16-19H2,1H3. The summed E-state index contributed by atoms with van der Waals surface area (Å²) in [6, 6.07) is 28.4. The predicted molar refractivity (Wildman–Crippen MR) is 117 cm³/mol. The summed E-state index contributed by atoms with van der Waals surface area (Å²) < 4.78 is 5.54. The summed E-state index contributed by atoms with van der Waals surface area (Å²) in [6.07, 6.45) is -0.573. The molecule has 0 bridgehead atoms. The van der Waals surface area contributed by atoms with E-state index in [0.717, 1.165) is 48.7 Å². The third kappa shape index (κ3) is 4.29. The van der Waals surface area contributed by atoms with Crippen molar-refractivity contribution < 1.29 is 9.84 Å². The third-order valence-electron chi connectivity index (χ3n) is 5.71. The molecule has 0 radical (unpaired) electrons. The van der Waals surface area contributed by atoms with E-state index < -0.39 is 6.10 Å². The fourth-order valence-corrected chi connectivity index (χ4v) is 4.21. The fourth-order valence-electron chi connectivity index (χ4n) is 4.21. The van der Waals surface area contributed by atoms with Gasteiger partial charge in [-0.15, -0.1) is 0 Å². The minimum absolute atomic E-state index is 0.0709. The van der Waals surface area contributed by atoms with Crippen molar-refractivity contribution in [3.05, 3.63) is 96.1 Å². The summed E-state index contributed by atoms with van der Waals surface area (Å²) in [5, 5.41) is 11.3. The number of nitrogens with zero attached hydrogens (tertiary/aromatic N) is 2. The average Bonchev–Trinajstić information content (AvgIpc) is 2.81. The lowest BCUT2D eigenvalue weighted by Crippen LogP contribution is -2.49. The molecule has 0 amide bonds. The van der Waals surface area contributed by atoms with Gasteiger partial charge >= 0.3 is 0 Å². The van der Waals surface area contributed by atoms with Crippen LogP contribution < -0.4 is 9.64 Å². The van der Waals surface area contributed by atoms with Crippen LogP contribution in [0.1, 0.15) is 23.3 Å². The number of benzene rings is 3. The molecule has 1 fully saturated rings. The summed E-state index contributed by atoms with van der Waals surface area (Å²) in [6.45, 7) is 3.54. The molecule has 1 N–H and O–H groups in total. The zero-order chi connectivity index (χ0) is 20.1. The Hall–Kier alpha value is -2.82. The smallest absolute Gasteiger partial charge is 0.142 e. The van der Waals surface area contributed by atoms with Gasteiger partial charge in [0.25, 0.3) is 0 Å². The maximum absolute atomic E-state index is 11.3. The van der Waals surface area contributed by atoms with Crippen LogP contribution in [0.5, 0.6) is 5.75 Å². The first kappa shape index (κ1) is 19.5. The van der Waals surface area contributed by atoms with Gasteiger partial charge in [-0.1, -0.05) is 72.8 Å². The predicted octanol–water partition coefficient (Wildman–Crippen LogP) is 4.29. The first-order valence-corrected chi connectivity index (χ1v) is 10.2. The number of hydrogen-bond acceptors (Lipinski definition) is 4. The van der Waals surface area contributed by atoms with Crippen molar-refractivity contribution in [2.24, 2.45) is 0 Å². The van der Waals surface area contributed by atoms with E-state index in [4.69, 9.17) is 4.74 Å². The molecule has 3 aromatic carbocycles.